The zero-order chi connectivity index (χ0) is 20.7. The molecule has 0 heterocycles. The number of alkyl halides is 1. The molecule has 2 aromatic carbocycles. The summed E-state index contributed by atoms with van der Waals surface area (Å²) in [6.07, 6.45) is 6.63. The molecule has 28 heavy (non-hydrogen) atoms. The van der Waals surface area contributed by atoms with Crippen molar-refractivity contribution < 1.29 is 9.90 Å². The van der Waals surface area contributed by atoms with Crippen molar-refractivity contribution >= 4 is 34.1 Å². The van der Waals surface area contributed by atoms with Crippen LogP contribution >= 0.6 is 15.9 Å². The Morgan fingerprint density at radius 1 is 1.04 bits per heavy atom. The molecule has 2 nitrogen and oxygen atoms in total. The number of carbonyl (C=O) groups is 1. The monoisotopic (exact) mass is 440 g/mol. The minimum atomic E-state index is -0.880. The number of benzene rings is 2. The van der Waals surface area contributed by atoms with Gasteiger partial charge in [0.15, 0.2) is 0 Å². The number of aromatic carboxylic acids is 1. The van der Waals surface area contributed by atoms with E-state index >= 15 is 0 Å². The first-order valence-corrected chi connectivity index (χ1v) is 10.9. The summed E-state index contributed by atoms with van der Waals surface area (Å²) in [5, 5.41) is 10.0. The number of halogens is 1. The van der Waals surface area contributed by atoms with Gasteiger partial charge in [0.2, 0.25) is 0 Å². The zero-order valence-electron chi connectivity index (χ0n) is 17.4. The van der Waals surface area contributed by atoms with Gasteiger partial charge in [-0.05, 0) is 70.0 Å². The number of hydrogen-bond donors (Lipinski definition) is 1. The van der Waals surface area contributed by atoms with Crippen LogP contribution in [0.15, 0.2) is 30.3 Å². The largest absolute Gasteiger partial charge is 0.478 e. The average molecular weight is 441 g/mol. The number of carboxylic acids is 1. The van der Waals surface area contributed by atoms with E-state index in [0.29, 0.717) is 5.56 Å². The molecule has 0 radical (unpaired) electrons. The molecule has 1 N–H and O–H groups in total. The van der Waals surface area contributed by atoms with Crippen LogP contribution in [0.1, 0.15) is 84.3 Å². The van der Waals surface area contributed by atoms with Crippen molar-refractivity contribution in [1.82, 2.24) is 0 Å². The molecular formula is C25H29BrO2. The minimum Gasteiger partial charge on any atom is -0.478 e. The maximum absolute atomic E-state index is 11.2. The van der Waals surface area contributed by atoms with E-state index < -0.39 is 5.97 Å². The van der Waals surface area contributed by atoms with Crippen LogP contribution in [0.25, 0.3) is 12.2 Å². The fourth-order valence-electron chi connectivity index (χ4n) is 4.16. The molecule has 1 aliphatic carbocycles. The molecule has 2 aromatic rings. The van der Waals surface area contributed by atoms with Gasteiger partial charge in [0.25, 0.3) is 0 Å². The molecule has 0 aliphatic heterocycles. The van der Waals surface area contributed by atoms with Gasteiger partial charge >= 0.3 is 5.97 Å². The molecule has 0 amide bonds. The van der Waals surface area contributed by atoms with Gasteiger partial charge in [0.05, 0.1) is 5.56 Å². The SMILES string of the molecule is Cc1cc(/C=C/c2cc3c(cc2CBr)C(C)(C)CCC3(C)C)ccc1C(=O)O. The van der Waals surface area contributed by atoms with E-state index in [1.54, 1.807) is 6.07 Å². The number of carboxylic acid groups (broad SMARTS) is 1. The van der Waals surface area contributed by atoms with E-state index in [-0.39, 0.29) is 10.8 Å². The van der Waals surface area contributed by atoms with E-state index in [0.717, 1.165) is 16.5 Å². The Morgan fingerprint density at radius 2 is 1.64 bits per heavy atom. The lowest BCUT2D eigenvalue weighted by Gasteiger charge is -2.42. The van der Waals surface area contributed by atoms with E-state index in [1.807, 2.05) is 19.1 Å². The Hall–Kier alpha value is -1.87. The molecule has 3 rings (SSSR count). The molecule has 148 valence electrons. The first-order valence-electron chi connectivity index (χ1n) is 9.81. The highest BCUT2D eigenvalue weighted by atomic mass is 79.9. The van der Waals surface area contributed by atoms with Gasteiger partial charge < -0.3 is 5.11 Å². The van der Waals surface area contributed by atoms with Crippen LogP contribution in [0.5, 0.6) is 0 Å². The predicted octanol–water partition coefficient (Wildman–Crippen LogP) is 7.11. The summed E-state index contributed by atoms with van der Waals surface area (Å²) in [6, 6.07) is 10.2. The van der Waals surface area contributed by atoms with Crippen molar-refractivity contribution in [3.8, 4) is 0 Å². The van der Waals surface area contributed by atoms with Crippen LogP contribution < -0.4 is 0 Å². The number of hydrogen-bond acceptors (Lipinski definition) is 1. The molecule has 1 aliphatic rings. The third-order valence-electron chi connectivity index (χ3n) is 6.19. The Balaban J connectivity index is 2.04. The number of fused-ring (bicyclic) bond motifs is 1. The lowest BCUT2D eigenvalue weighted by molar-refractivity contribution is 0.0696. The zero-order valence-corrected chi connectivity index (χ0v) is 19.0. The van der Waals surface area contributed by atoms with E-state index in [1.165, 1.54) is 35.1 Å². The number of aryl methyl sites for hydroxylation is 1. The molecular weight excluding hydrogens is 412 g/mol. The van der Waals surface area contributed by atoms with Crippen molar-refractivity contribution in [2.24, 2.45) is 0 Å². The van der Waals surface area contributed by atoms with Crippen molar-refractivity contribution in [1.29, 1.82) is 0 Å². The molecule has 0 saturated heterocycles. The molecule has 0 aromatic heterocycles. The first-order chi connectivity index (χ1) is 13.0. The van der Waals surface area contributed by atoms with Gasteiger partial charge in [-0.3, -0.25) is 0 Å². The van der Waals surface area contributed by atoms with Crippen LogP contribution in [-0.4, -0.2) is 11.1 Å². The topological polar surface area (TPSA) is 37.3 Å². The van der Waals surface area contributed by atoms with Crippen molar-refractivity contribution in [3.63, 3.8) is 0 Å². The van der Waals surface area contributed by atoms with Crippen LogP contribution in [0.2, 0.25) is 0 Å². The second kappa shape index (κ2) is 7.51. The highest BCUT2D eigenvalue weighted by Gasteiger charge is 2.37. The summed E-state index contributed by atoms with van der Waals surface area (Å²) in [7, 11) is 0. The van der Waals surface area contributed by atoms with Gasteiger partial charge in [0, 0.05) is 5.33 Å². The number of rotatable bonds is 4. The highest BCUT2D eigenvalue weighted by Crippen LogP contribution is 2.46. The maximum atomic E-state index is 11.2. The van der Waals surface area contributed by atoms with E-state index in [4.69, 9.17) is 0 Å². The van der Waals surface area contributed by atoms with Gasteiger partial charge in [-0.2, -0.15) is 0 Å². The summed E-state index contributed by atoms with van der Waals surface area (Å²) < 4.78 is 0. The standard InChI is InChI=1S/C25H29BrO2/c1-16-12-17(7-9-20(16)23(27)28)6-8-18-13-21-22(14-19(18)15-26)25(4,5)11-10-24(21,2)3/h6-9,12-14H,10-11,15H2,1-5H3,(H,27,28)/b8-6+. The van der Waals surface area contributed by atoms with Gasteiger partial charge in [0.1, 0.15) is 0 Å². The van der Waals surface area contributed by atoms with Crippen molar-refractivity contribution in [3.05, 3.63) is 69.3 Å². The van der Waals surface area contributed by atoms with Crippen LogP contribution in [0.3, 0.4) is 0 Å². The molecule has 0 bridgehead atoms. The van der Waals surface area contributed by atoms with Crippen LogP contribution in [0, 0.1) is 6.92 Å². The quantitative estimate of drug-likeness (QED) is 0.406. The minimum absolute atomic E-state index is 0.179. The maximum Gasteiger partial charge on any atom is 0.335 e. The summed E-state index contributed by atoms with van der Waals surface area (Å²) in [5.74, 6) is -0.880. The van der Waals surface area contributed by atoms with Crippen LogP contribution in [0.4, 0.5) is 0 Å². The first kappa shape index (κ1) is 20.9. The van der Waals surface area contributed by atoms with E-state index in [2.05, 4.69) is 67.9 Å². The molecule has 0 unspecified atom stereocenters. The summed E-state index contributed by atoms with van der Waals surface area (Å²) >= 11 is 3.67. The second-order valence-corrected chi connectivity index (χ2v) is 9.77. The Morgan fingerprint density at radius 3 is 2.18 bits per heavy atom. The van der Waals surface area contributed by atoms with Gasteiger partial charge in [-0.15, -0.1) is 0 Å². The van der Waals surface area contributed by atoms with Gasteiger partial charge in [-0.25, -0.2) is 4.79 Å². The van der Waals surface area contributed by atoms with Gasteiger partial charge in [-0.1, -0.05) is 80.0 Å². The van der Waals surface area contributed by atoms with Crippen molar-refractivity contribution in [2.75, 3.05) is 0 Å². The fraction of sp³-hybridized carbons (Fsp3) is 0.400. The Kier molecular flexibility index (Phi) is 5.60. The van der Waals surface area contributed by atoms with Crippen LogP contribution in [-0.2, 0) is 16.2 Å². The van der Waals surface area contributed by atoms with E-state index in [9.17, 15) is 9.90 Å². The molecule has 0 fully saturated rings. The Labute approximate surface area is 176 Å². The smallest absolute Gasteiger partial charge is 0.335 e. The summed E-state index contributed by atoms with van der Waals surface area (Å²) in [5.41, 5.74) is 7.97. The molecule has 0 saturated carbocycles. The fourth-order valence-corrected chi connectivity index (χ4v) is 4.65. The summed E-state index contributed by atoms with van der Waals surface area (Å²) in [6.45, 7) is 11.2. The predicted molar refractivity (Wildman–Crippen MR) is 121 cm³/mol. The molecule has 0 atom stereocenters. The highest BCUT2D eigenvalue weighted by molar-refractivity contribution is 9.08. The second-order valence-electron chi connectivity index (χ2n) is 9.21. The Bertz CT molecular complexity index is 951. The summed E-state index contributed by atoms with van der Waals surface area (Å²) in [4.78, 5) is 11.2. The molecule has 0 spiro atoms. The molecule has 3 heteroatoms. The lowest BCUT2D eigenvalue weighted by Crippen LogP contribution is -2.34. The lowest BCUT2D eigenvalue weighted by atomic mass is 9.62. The third kappa shape index (κ3) is 3.96. The van der Waals surface area contributed by atoms with Crippen molar-refractivity contribution in [2.45, 2.75) is 63.6 Å². The average Bonchev–Trinajstić information content (AvgIpc) is 2.63. The normalized spacial score (nSPS) is 17.5. The third-order valence-corrected chi connectivity index (χ3v) is 6.80.